The van der Waals surface area contributed by atoms with Gasteiger partial charge in [0.25, 0.3) is 0 Å². The van der Waals surface area contributed by atoms with E-state index in [9.17, 15) is 13.2 Å². The van der Waals surface area contributed by atoms with Crippen LogP contribution in [-0.2, 0) is 14.3 Å². The number of hydrogen-bond donors (Lipinski definition) is 0. The Morgan fingerprint density at radius 3 is 1.89 bits per heavy atom. The summed E-state index contributed by atoms with van der Waals surface area (Å²) in [5.74, 6) is -0.889. The summed E-state index contributed by atoms with van der Waals surface area (Å²) in [6.07, 6.45) is 0. The molecule has 5 heteroatoms. The maximum Gasteiger partial charge on any atom is 0.354 e. The van der Waals surface area contributed by atoms with E-state index in [2.05, 4.69) is 4.18 Å². The van der Waals surface area contributed by atoms with Gasteiger partial charge in [0.15, 0.2) is 0 Å². The van der Waals surface area contributed by atoms with Gasteiger partial charge in [-0.25, -0.2) is 4.79 Å². The highest BCUT2D eigenvalue weighted by molar-refractivity contribution is 7.87. The summed E-state index contributed by atoms with van der Waals surface area (Å²) < 4.78 is 28.1. The Morgan fingerprint density at radius 2 is 1.33 bits per heavy atom. The predicted octanol–water partition coefficient (Wildman–Crippen LogP) is 2.23. The lowest BCUT2D eigenvalue weighted by Gasteiger charge is -2.05. The van der Waals surface area contributed by atoms with Crippen LogP contribution >= 0.6 is 0 Å². The van der Waals surface area contributed by atoms with Crippen molar-refractivity contribution >= 4 is 16.1 Å². The van der Waals surface area contributed by atoms with Gasteiger partial charge in [0.1, 0.15) is 4.90 Å². The van der Waals surface area contributed by atoms with E-state index in [-0.39, 0.29) is 10.5 Å². The topological polar surface area (TPSA) is 60.4 Å². The Hall–Kier alpha value is -2.14. The van der Waals surface area contributed by atoms with Gasteiger partial charge in [-0.05, 0) is 24.3 Å². The lowest BCUT2D eigenvalue weighted by Crippen LogP contribution is -2.13. The van der Waals surface area contributed by atoms with E-state index < -0.39 is 16.1 Å². The van der Waals surface area contributed by atoms with Crippen molar-refractivity contribution < 1.29 is 17.4 Å². The average Bonchev–Trinajstić information content (AvgIpc) is 2.40. The van der Waals surface area contributed by atoms with Gasteiger partial charge in [0.2, 0.25) is 0 Å². The molecular formula is C13H10O4S. The molecule has 0 amide bonds. The highest BCUT2D eigenvalue weighted by atomic mass is 32.2. The van der Waals surface area contributed by atoms with Crippen molar-refractivity contribution in [2.45, 2.75) is 4.90 Å². The van der Waals surface area contributed by atoms with Gasteiger partial charge in [-0.3, -0.25) is 0 Å². The van der Waals surface area contributed by atoms with Crippen molar-refractivity contribution in [3.8, 4) is 0 Å². The molecule has 0 aliphatic heterocycles. The molecule has 2 aromatic rings. The molecular weight excluding hydrogens is 252 g/mol. The van der Waals surface area contributed by atoms with Crippen LogP contribution in [0, 0.1) is 0 Å². The van der Waals surface area contributed by atoms with Crippen LogP contribution < -0.4 is 0 Å². The Bertz CT molecular complexity index is 633. The van der Waals surface area contributed by atoms with Gasteiger partial charge in [-0.15, -0.1) is 0 Å². The van der Waals surface area contributed by atoms with E-state index in [1.807, 2.05) is 0 Å². The second kappa shape index (κ2) is 5.01. The summed E-state index contributed by atoms with van der Waals surface area (Å²) in [6, 6.07) is 15.5. The number of rotatable bonds is 3. The summed E-state index contributed by atoms with van der Waals surface area (Å²) in [7, 11) is -4.06. The minimum absolute atomic E-state index is 0.0470. The van der Waals surface area contributed by atoms with Crippen LogP contribution in [0.3, 0.4) is 0 Å². The van der Waals surface area contributed by atoms with Crippen LogP contribution in [0.1, 0.15) is 10.4 Å². The zero-order chi connectivity index (χ0) is 13.0. The maximum absolute atomic E-state index is 11.8. The zero-order valence-corrected chi connectivity index (χ0v) is 10.1. The van der Waals surface area contributed by atoms with Crippen molar-refractivity contribution in [1.29, 1.82) is 0 Å². The molecule has 0 heterocycles. The third kappa shape index (κ3) is 2.75. The van der Waals surface area contributed by atoms with E-state index in [0.29, 0.717) is 0 Å². The normalized spacial score (nSPS) is 10.9. The first kappa shape index (κ1) is 12.3. The quantitative estimate of drug-likeness (QED) is 0.796. The molecule has 2 rings (SSSR count). The number of carbonyl (C=O) groups is 1. The molecule has 0 saturated heterocycles. The third-order valence-electron chi connectivity index (χ3n) is 2.23. The molecule has 18 heavy (non-hydrogen) atoms. The lowest BCUT2D eigenvalue weighted by molar-refractivity contribution is 0.0746. The van der Waals surface area contributed by atoms with Gasteiger partial charge in [0, 0.05) is 0 Å². The Morgan fingerprint density at radius 1 is 0.833 bits per heavy atom. The van der Waals surface area contributed by atoms with E-state index in [1.165, 1.54) is 24.3 Å². The summed E-state index contributed by atoms with van der Waals surface area (Å²) in [5, 5.41) is 0. The molecule has 0 fully saturated rings. The monoisotopic (exact) mass is 262 g/mol. The third-order valence-corrected chi connectivity index (χ3v) is 3.45. The Labute approximate surface area is 105 Å². The van der Waals surface area contributed by atoms with E-state index in [1.54, 1.807) is 36.4 Å². The highest BCUT2D eigenvalue weighted by Gasteiger charge is 2.20. The van der Waals surface area contributed by atoms with Gasteiger partial charge < -0.3 is 4.18 Å². The summed E-state index contributed by atoms with van der Waals surface area (Å²) in [6.45, 7) is 0. The molecule has 2 aromatic carbocycles. The fourth-order valence-corrected chi connectivity index (χ4v) is 2.24. The Balaban J connectivity index is 2.23. The maximum atomic E-state index is 11.8. The van der Waals surface area contributed by atoms with Crippen molar-refractivity contribution in [3.05, 3.63) is 66.2 Å². The summed E-state index contributed by atoms with van der Waals surface area (Å²) in [5.41, 5.74) is 0.192. The van der Waals surface area contributed by atoms with Crippen LogP contribution in [0.15, 0.2) is 65.6 Å². The number of benzene rings is 2. The van der Waals surface area contributed by atoms with Crippen LogP contribution in [0.2, 0.25) is 0 Å². The van der Waals surface area contributed by atoms with Gasteiger partial charge in [0.05, 0.1) is 5.56 Å². The SMILES string of the molecule is O=C(OS(=O)(=O)c1ccccc1)c1ccccc1. The lowest BCUT2D eigenvalue weighted by atomic mass is 10.2. The first-order valence-electron chi connectivity index (χ1n) is 5.18. The van der Waals surface area contributed by atoms with Crippen molar-refractivity contribution in [3.63, 3.8) is 0 Å². The molecule has 0 saturated carbocycles. The van der Waals surface area contributed by atoms with Crippen LogP contribution in [0.4, 0.5) is 0 Å². The molecule has 0 spiro atoms. The molecule has 0 aliphatic rings. The van der Waals surface area contributed by atoms with E-state index in [4.69, 9.17) is 0 Å². The summed E-state index contributed by atoms with van der Waals surface area (Å²) in [4.78, 5) is 11.6. The minimum Gasteiger partial charge on any atom is -0.338 e. The smallest absolute Gasteiger partial charge is 0.338 e. The van der Waals surface area contributed by atoms with Crippen LogP contribution in [-0.4, -0.2) is 14.4 Å². The zero-order valence-electron chi connectivity index (χ0n) is 9.31. The van der Waals surface area contributed by atoms with E-state index in [0.717, 1.165) is 0 Å². The fourth-order valence-electron chi connectivity index (χ4n) is 1.36. The van der Waals surface area contributed by atoms with E-state index >= 15 is 0 Å². The molecule has 0 aliphatic carbocycles. The van der Waals surface area contributed by atoms with Crippen LogP contribution in [0.25, 0.3) is 0 Å². The standard InChI is InChI=1S/C13H10O4S/c14-13(11-7-3-1-4-8-11)17-18(15,16)12-9-5-2-6-10-12/h1-10H. The second-order valence-corrected chi connectivity index (χ2v) is 5.05. The molecule has 0 atom stereocenters. The van der Waals surface area contributed by atoms with Crippen molar-refractivity contribution in [2.75, 3.05) is 0 Å². The molecule has 0 bridgehead atoms. The second-order valence-electron chi connectivity index (χ2n) is 3.50. The molecule has 0 N–H and O–H groups in total. The molecule has 0 aromatic heterocycles. The molecule has 4 nitrogen and oxygen atoms in total. The largest absolute Gasteiger partial charge is 0.354 e. The van der Waals surface area contributed by atoms with Crippen molar-refractivity contribution in [1.82, 2.24) is 0 Å². The first-order chi connectivity index (χ1) is 8.59. The average molecular weight is 262 g/mol. The minimum atomic E-state index is -4.06. The number of hydrogen-bond acceptors (Lipinski definition) is 4. The van der Waals surface area contributed by atoms with Gasteiger partial charge in [-0.2, -0.15) is 8.42 Å². The van der Waals surface area contributed by atoms with Crippen molar-refractivity contribution in [2.24, 2.45) is 0 Å². The molecule has 0 radical (unpaired) electrons. The fraction of sp³-hybridized carbons (Fsp3) is 0. The van der Waals surface area contributed by atoms with Gasteiger partial charge in [-0.1, -0.05) is 36.4 Å². The first-order valence-corrected chi connectivity index (χ1v) is 6.59. The van der Waals surface area contributed by atoms with Crippen LogP contribution in [0.5, 0.6) is 0 Å². The number of carbonyl (C=O) groups excluding carboxylic acids is 1. The Kier molecular flexibility index (Phi) is 3.43. The summed E-state index contributed by atoms with van der Waals surface area (Å²) >= 11 is 0. The highest BCUT2D eigenvalue weighted by Crippen LogP contribution is 2.13. The predicted molar refractivity (Wildman–Crippen MR) is 65.5 cm³/mol. The molecule has 0 unspecified atom stereocenters. The molecule has 92 valence electrons. The van der Waals surface area contributed by atoms with Gasteiger partial charge >= 0.3 is 16.1 Å².